The molecule has 0 aromatic carbocycles. The highest BCUT2D eigenvalue weighted by Crippen LogP contribution is 1.71. The molecule has 0 rings (SSSR count). The van der Waals surface area contributed by atoms with Crippen LogP contribution in [0.15, 0.2) is 0 Å². The minimum absolute atomic E-state index is 0.250. The van der Waals surface area contributed by atoms with Crippen molar-refractivity contribution in [1.82, 2.24) is 5.32 Å². The minimum atomic E-state index is 0.250. The van der Waals surface area contributed by atoms with E-state index in [2.05, 4.69) is 19.2 Å². The summed E-state index contributed by atoms with van der Waals surface area (Å²) < 4.78 is 0. The molecule has 0 amide bonds. The van der Waals surface area contributed by atoms with Crippen molar-refractivity contribution >= 4 is 0 Å². The zero-order valence-corrected chi connectivity index (χ0v) is 6.64. The summed E-state index contributed by atoms with van der Waals surface area (Å²) >= 11 is 0. The Bertz CT molecular complexity index is 55.7. The van der Waals surface area contributed by atoms with E-state index in [1.807, 2.05) is 0 Å². The molecule has 0 aliphatic heterocycles. The lowest BCUT2D eigenvalue weighted by atomic mass is 10.4. The SMILES string of the molecule is CCCNCCC.O=[NH+][O-]. The number of nitrogens with one attached hydrogen (secondary N) is 2. The van der Waals surface area contributed by atoms with Crippen LogP contribution in [0.4, 0.5) is 0 Å². The van der Waals surface area contributed by atoms with Crippen LogP contribution in [-0.2, 0) is 0 Å². The second-order valence-corrected chi connectivity index (χ2v) is 1.83. The highest BCUT2D eigenvalue weighted by molar-refractivity contribution is 4.39. The quantitative estimate of drug-likeness (QED) is 0.327. The molecule has 0 heterocycles. The molecular formula is C6H16N2O2. The lowest BCUT2D eigenvalue weighted by Gasteiger charge is -1.95. The van der Waals surface area contributed by atoms with Gasteiger partial charge in [-0.15, -0.1) is 0 Å². The molecular weight excluding hydrogens is 132 g/mol. The van der Waals surface area contributed by atoms with Crippen LogP contribution < -0.4 is 10.7 Å². The number of hydrogen-bond acceptors (Lipinski definition) is 3. The third kappa shape index (κ3) is 26.4. The Kier molecular flexibility index (Phi) is 19.0. The molecule has 2 N–H and O–H groups in total. The summed E-state index contributed by atoms with van der Waals surface area (Å²) in [6.45, 7) is 6.72. The Hall–Kier alpha value is -0.640. The molecule has 0 aliphatic rings. The van der Waals surface area contributed by atoms with E-state index < -0.39 is 0 Å². The van der Waals surface area contributed by atoms with Crippen LogP contribution in [0.5, 0.6) is 0 Å². The molecule has 10 heavy (non-hydrogen) atoms. The van der Waals surface area contributed by atoms with Crippen molar-refractivity contribution in [3.05, 3.63) is 10.1 Å². The summed E-state index contributed by atoms with van der Waals surface area (Å²) in [5.74, 6) is 0. The van der Waals surface area contributed by atoms with Gasteiger partial charge in [-0.2, -0.15) is 0 Å². The average molecular weight is 148 g/mol. The molecule has 0 spiro atoms. The summed E-state index contributed by atoms with van der Waals surface area (Å²) in [6, 6.07) is 0. The fourth-order valence-electron chi connectivity index (χ4n) is 0.479. The Balaban J connectivity index is 0. The first-order chi connectivity index (χ1) is 4.83. The lowest BCUT2D eigenvalue weighted by Crippen LogP contribution is -2.53. The van der Waals surface area contributed by atoms with E-state index in [1.165, 1.54) is 25.9 Å². The van der Waals surface area contributed by atoms with Crippen molar-refractivity contribution < 1.29 is 5.34 Å². The molecule has 0 aromatic heterocycles. The van der Waals surface area contributed by atoms with Gasteiger partial charge in [0, 0.05) is 5.34 Å². The van der Waals surface area contributed by atoms with Gasteiger partial charge in [-0.1, -0.05) is 13.8 Å². The fourth-order valence-corrected chi connectivity index (χ4v) is 0.479. The van der Waals surface area contributed by atoms with Gasteiger partial charge in [-0.05, 0) is 25.9 Å². The summed E-state index contributed by atoms with van der Waals surface area (Å²) in [5, 5.41) is 11.7. The predicted octanol–water partition coefficient (Wildman–Crippen LogP) is -0.273. The first-order valence-corrected chi connectivity index (χ1v) is 3.53. The second kappa shape index (κ2) is 15.8. The zero-order chi connectivity index (χ0) is 8.24. The van der Waals surface area contributed by atoms with Crippen LogP contribution in [0.2, 0.25) is 0 Å². The van der Waals surface area contributed by atoms with E-state index in [-0.39, 0.29) is 5.34 Å². The molecule has 0 unspecified atom stereocenters. The van der Waals surface area contributed by atoms with E-state index in [4.69, 9.17) is 10.1 Å². The monoisotopic (exact) mass is 148 g/mol. The van der Waals surface area contributed by atoms with Gasteiger partial charge in [-0.3, -0.25) is 10.1 Å². The van der Waals surface area contributed by atoms with Crippen LogP contribution in [0.3, 0.4) is 0 Å². The number of hydrogen-bond donors (Lipinski definition) is 2. The van der Waals surface area contributed by atoms with Crippen LogP contribution in [0.25, 0.3) is 0 Å². The maximum Gasteiger partial charge on any atom is 0.00366 e. The van der Waals surface area contributed by atoms with Gasteiger partial charge in [0.1, 0.15) is 0 Å². The first-order valence-electron chi connectivity index (χ1n) is 3.53. The Morgan fingerprint density at radius 3 is 1.80 bits per heavy atom. The molecule has 0 bridgehead atoms. The normalized spacial score (nSPS) is 7.80. The molecule has 0 fully saturated rings. The van der Waals surface area contributed by atoms with Crippen molar-refractivity contribution in [2.75, 3.05) is 13.1 Å². The predicted molar refractivity (Wildman–Crippen MR) is 41.1 cm³/mol. The Morgan fingerprint density at radius 2 is 1.60 bits per heavy atom. The molecule has 0 atom stereocenters. The molecule has 0 saturated carbocycles. The van der Waals surface area contributed by atoms with Crippen molar-refractivity contribution in [2.24, 2.45) is 0 Å². The van der Waals surface area contributed by atoms with E-state index >= 15 is 0 Å². The highest BCUT2D eigenvalue weighted by Gasteiger charge is 1.76. The summed E-state index contributed by atoms with van der Waals surface area (Å²) in [7, 11) is 0. The van der Waals surface area contributed by atoms with Crippen LogP contribution in [0.1, 0.15) is 26.7 Å². The third-order valence-corrected chi connectivity index (χ3v) is 0.854. The number of rotatable bonds is 4. The van der Waals surface area contributed by atoms with E-state index in [0.717, 1.165) is 0 Å². The Morgan fingerprint density at radius 1 is 1.30 bits per heavy atom. The highest BCUT2D eigenvalue weighted by atomic mass is 16.6. The first kappa shape index (κ1) is 12.1. The van der Waals surface area contributed by atoms with Gasteiger partial charge in [0.05, 0.1) is 0 Å². The summed E-state index contributed by atoms with van der Waals surface area (Å²) in [5.41, 5.74) is 0. The van der Waals surface area contributed by atoms with E-state index in [9.17, 15) is 0 Å². The van der Waals surface area contributed by atoms with E-state index in [1.54, 1.807) is 0 Å². The van der Waals surface area contributed by atoms with Crippen LogP contribution >= 0.6 is 0 Å². The fraction of sp³-hybridized carbons (Fsp3) is 1.00. The molecule has 4 heteroatoms. The standard InChI is InChI=1S/C6H15N.HNO2/c1-3-5-7-6-4-2;2-1-3/h7H,3-6H2,1-2H3;1H. The van der Waals surface area contributed by atoms with Gasteiger partial charge in [0.2, 0.25) is 0 Å². The van der Waals surface area contributed by atoms with Crippen molar-refractivity contribution in [3.8, 4) is 0 Å². The lowest BCUT2D eigenvalue weighted by molar-refractivity contribution is -0.398. The molecule has 0 saturated heterocycles. The smallest absolute Gasteiger partial charge is 0.00366 e. The molecule has 0 aromatic rings. The van der Waals surface area contributed by atoms with Crippen LogP contribution in [-0.4, -0.2) is 13.1 Å². The zero-order valence-electron chi connectivity index (χ0n) is 6.64. The van der Waals surface area contributed by atoms with Gasteiger partial charge in [0.15, 0.2) is 0 Å². The molecule has 4 nitrogen and oxygen atoms in total. The molecule has 62 valence electrons. The minimum Gasteiger partial charge on any atom is -0.317 e. The Labute approximate surface area is 61.6 Å². The maximum atomic E-state index is 8.12. The third-order valence-electron chi connectivity index (χ3n) is 0.854. The summed E-state index contributed by atoms with van der Waals surface area (Å²) in [4.78, 5) is 8.12. The molecule has 0 aliphatic carbocycles. The van der Waals surface area contributed by atoms with Crippen molar-refractivity contribution in [3.63, 3.8) is 0 Å². The van der Waals surface area contributed by atoms with Crippen LogP contribution in [0, 0.1) is 10.1 Å². The van der Waals surface area contributed by atoms with Gasteiger partial charge >= 0.3 is 0 Å². The van der Waals surface area contributed by atoms with Gasteiger partial charge in [0.25, 0.3) is 0 Å². The van der Waals surface area contributed by atoms with Gasteiger partial charge < -0.3 is 5.32 Å². The second-order valence-electron chi connectivity index (χ2n) is 1.83. The molecule has 0 radical (unpaired) electrons. The van der Waals surface area contributed by atoms with Crippen molar-refractivity contribution in [2.45, 2.75) is 26.7 Å². The van der Waals surface area contributed by atoms with Gasteiger partial charge in [-0.25, -0.2) is 0 Å². The topological polar surface area (TPSA) is 66.1 Å². The largest absolute Gasteiger partial charge is 0.317 e. The van der Waals surface area contributed by atoms with Crippen molar-refractivity contribution in [1.29, 1.82) is 0 Å². The summed E-state index contributed by atoms with van der Waals surface area (Å²) in [6.07, 6.45) is 2.50. The average Bonchev–Trinajstić information content (AvgIpc) is 1.91. The maximum absolute atomic E-state index is 8.12. The van der Waals surface area contributed by atoms with E-state index in [0.29, 0.717) is 0 Å².